The molecule has 20 heavy (non-hydrogen) atoms. The van der Waals surface area contributed by atoms with Crippen LogP contribution in [0.4, 0.5) is 0 Å². The molecule has 1 aliphatic rings. The Labute approximate surface area is 120 Å². The van der Waals surface area contributed by atoms with Crippen LogP contribution >= 0.6 is 0 Å². The van der Waals surface area contributed by atoms with E-state index in [1.54, 1.807) is 0 Å². The van der Waals surface area contributed by atoms with Crippen LogP contribution in [0.5, 0.6) is 5.75 Å². The molecule has 0 amide bonds. The molecule has 2 heteroatoms. The first-order valence-corrected chi connectivity index (χ1v) is 7.28. The number of ether oxygens (including phenoxy) is 1. The molecule has 1 atom stereocenters. The molecule has 3 rings (SSSR count). The molecule has 0 radical (unpaired) electrons. The van der Waals surface area contributed by atoms with Gasteiger partial charge in [-0.1, -0.05) is 56.3 Å². The molecule has 2 nitrogen and oxygen atoms in total. The van der Waals surface area contributed by atoms with Gasteiger partial charge in [-0.05, 0) is 22.6 Å². The van der Waals surface area contributed by atoms with Crippen LogP contribution < -0.4 is 10.5 Å². The summed E-state index contributed by atoms with van der Waals surface area (Å²) < 4.78 is 6.05. The normalized spacial score (nSPS) is 17.1. The zero-order chi connectivity index (χ0) is 14.1. The predicted octanol–water partition coefficient (Wildman–Crippen LogP) is 3.74. The average Bonchev–Trinajstić information content (AvgIpc) is 2.90. The Kier molecular flexibility index (Phi) is 3.49. The van der Waals surface area contributed by atoms with Crippen molar-refractivity contribution in [1.29, 1.82) is 0 Å². The summed E-state index contributed by atoms with van der Waals surface area (Å²) in [4.78, 5) is 0. The summed E-state index contributed by atoms with van der Waals surface area (Å²) in [5.41, 5.74) is 10.9. The highest BCUT2D eigenvalue weighted by Gasteiger charge is 2.25. The minimum atomic E-state index is 0.123. The van der Waals surface area contributed by atoms with Crippen molar-refractivity contribution in [1.82, 2.24) is 0 Å². The molecule has 104 valence electrons. The Morgan fingerprint density at radius 2 is 1.85 bits per heavy atom. The van der Waals surface area contributed by atoms with Crippen LogP contribution in [0.3, 0.4) is 0 Å². The van der Waals surface area contributed by atoms with Crippen LogP contribution in [0, 0.1) is 0 Å². The zero-order valence-electron chi connectivity index (χ0n) is 12.1. The Hall–Kier alpha value is -1.80. The molecule has 0 saturated carbocycles. The second kappa shape index (κ2) is 5.29. The van der Waals surface area contributed by atoms with Crippen LogP contribution in [0.15, 0.2) is 42.5 Å². The highest BCUT2D eigenvalue weighted by molar-refractivity contribution is 5.76. The number of nitrogens with two attached hydrogens (primary N) is 1. The highest BCUT2D eigenvalue weighted by atomic mass is 16.5. The van der Waals surface area contributed by atoms with E-state index in [-0.39, 0.29) is 6.10 Å². The van der Waals surface area contributed by atoms with Crippen LogP contribution in [-0.4, -0.2) is 12.6 Å². The lowest BCUT2D eigenvalue weighted by molar-refractivity contribution is 0.242. The molecular weight excluding hydrogens is 246 g/mol. The van der Waals surface area contributed by atoms with Gasteiger partial charge >= 0.3 is 0 Å². The van der Waals surface area contributed by atoms with Crippen molar-refractivity contribution in [3.63, 3.8) is 0 Å². The predicted molar refractivity (Wildman–Crippen MR) is 83.1 cm³/mol. The number of hydrogen-bond acceptors (Lipinski definition) is 2. The number of fused-ring (bicyclic) bond motifs is 1. The summed E-state index contributed by atoms with van der Waals surface area (Å²) in [6, 6.07) is 15.0. The fourth-order valence-electron chi connectivity index (χ4n) is 2.93. The first kappa shape index (κ1) is 13.2. The van der Waals surface area contributed by atoms with Gasteiger partial charge in [0.15, 0.2) is 0 Å². The molecule has 0 aromatic heterocycles. The van der Waals surface area contributed by atoms with Crippen LogP contribution in [-0.2, 0) is 6.42 Å². The summed E-state index contributed by atoms with van der Waals surface area (Å²) in [6.45, 7) is 5.02. The van der Waals surface area contributed by atoms with E-state index >= 15 is 0 Å². The first-order chi connectivity index (χ1) is 9.70. The molecule has 1 unspecified atom stereocenters. The third-order valence-electron chi connectivity index (χ3n) is 3.96. The van der Waals surface area contributed by atoms with E-state index in [1.807, 2.05) is 0 Å². The van der Waals surface area contributed by atoms with Crippen LogP contribution in [0.2, 0.25) is 0 Å². The van der Waals surface area contributed by atoms with Gasteiger partial charge in [0.25, 0.3) is 0 Å². The molecule has 2 N–H and O–H groups in total. The smallest absolute Gasteiger partial charge is 0.130 e. The third-order valence-corrected chi connectivity index (χ3v) is 3.96. The topological polar surface area (TPSA) is 35.2 Å². The van der Waals surface area contributed by atoms with E-state index in [4.69, 9.17) is 10.5 Å². The van der Waals surface area contributed by atoms with E-state index in [0.717, 1.165) is 12.2 Å². The van der Waals surface area contributed by atoms with Crippen LogP contribution in [0.25, 0.3) is 11.1 Å². The van der Waals surface area contributed by atoms with E-state index in [2.05, 4.69) is 56.3 Å². The van der Waals surface area contributed by atoms with Gasteiger partial charge in [-0.15, -0.1) is 0 Å². The largest absolute Gasteiger partial charge is 0.488 e. The van der Waals surface area contributed by atoms with Gasteiger partial charge in [0, 0.05) is 18.5 Å². The molecule has 0 saturated heterocycles. The van der Waals surface area contributed by atoms with Crippen molar-refractivity contribution in [3.8, 4) is 16.9 Å². The second-order valence-electron chi connectivity index (χ2n) is 5.72. The van der Waals surface area contributed by atoms with Gasteiger partial charge in [0.2, 0.25) is 0 Å². The number of hydrogen-bond donors (Lipinski definition) is 1. The molecule has 0 bridgehead atoms. The van der Waals surface area contributed by atoms with Crippen molar-refractivity contribution in [3.05, 3.63) is 53.6 Å². The minimum absolute atomic E-state index is 0.123. The fraction of sp³-hybridized carbons (Fsp3) is 0.333. The average molecular weight is 267 g/mol. The van der Waals surface area contributed by atoms with E-state index < -0.39 is 0 Å². The molecule has 1 heterocycles. The molecular formula is C18H21NO. The molecule has 2 aromatic carbocycles. The third kappa shape index (κ3) is 2.20. The molecule has 0 fully saturated rings. The van der Waals surface area contributed by atoms with E-state index in [9.17, 15) is 0 Å². The Morgan fingerprint density at radius 3 is 2.60 bits per heavy atom. The van der Waals surface area contributed by atoms with Gasteiger partial charge in [0.05, 0.1) is 0 Å². The van der Waals surface area contributed by atoms with E-state index in [0.29, 0.717) is 12.5 Å². The van der Waals surface area contributed by atoms with Gasteiger partial charge in [-0.3, -0.25) is 0 Å². The fourth-order valence-corrected chi connectivity index (χ4v) is 2.93. The summed E-state index contributed by atoms with van der Waals surface area (Å²) in [5.74, 6) is 1.52. The van der Waals surface area contributed by atoms with Gasteiger partial charge in [-0.25, -0.2) is 0 Å². The monoisotopic (exact) mass is 267 g/mol. The SMILES string of the molecule is CC(C)c1ccccc1-c1cccc2c1OC(CN)C2. The van der Waals surface area contributed by atoms with Gasteiger partial charge < -0.3 is 10.5 Å². The van der Waals surface area contributed by atoms with Gasteiger partial charge in [-0.2, -0.15) is 0 Å². The first-order valence-electron chi connectivity index (χ1n) is 7.28. The minimum Gasteiger partial charge on any atom is -0.488 e. The van der Waals surface area contributed by atoms with Crippen molar-refractivity contribution in [2.45, 2.75) is 32.3 Å². The maximum absolute atomic E-state index is 6.05. The number of para-hydroxylation sites is 1. The van der Waals surface area contributed by atoms with Crippen molar-refractivity contribution in [2.24, 2.45) is 5.73 Å². The van der Waals surface area contributed by atoms with Crippen molar-refractivity contribution < 1.29 is 4.74 Å². The summed E-state index contributed by atoms with van der Waals surface area (Å²) >= 11 is 0. The Balaban J connectivity index is 2.12. The quantitative estimate of drug-likeness (QED) is 0.919. The zero-order valence-corrected chi connectivity index (χ0v) is 12.1. The van der Waals surface area contributed by atoms with E-state index in [1.165, 1.54) is 22.3 Å². The van der Waals surface area contributed by atoms with Gasteiger partial charge in [0.1, 0.15) is 11.9 Å². The number of rotatable bonds is 3. The lowest BCUT2D eigenvalue weighted by Gasteiger charge is -2.16. The second-order valence-corrected chi connectivity index (χ2v) is 5.72. The highest BCUT2D eigenvalue weighted by Crippen LogP contribution is 2.41. The standard InChI is InChI=1S/C18H21NO/c1-12(2)15-7-3-4-8-16(15)17-9-5-6-13-10-14(11-19)20-18(13)17/h3-9,12,14H,10-11,19H2,1-2H3. The summed E-state index contributed by atoms with van der Waals surface area (Å²) in [6.07, 6.45) is 1.04. The maximum Gasteiger partial charge on any atom is 0.130 e. The molecule has 1 aliphatic heterocycles. The van der Waals surface area contributed by atoms with Crippen molar-refractivity contribution in [2.75, 3.05) is 6.54 Å². The lowest BCUT2D eigenvalue weighted by Crippen LogP contribution is -2.24. The summed E-state index contributed by atoms with van der Waals surface area (Å²) in [7, 11) is 0. The molecule has 0 aliphatic carbocycles. The van der Waals surface area contributed by atoms with Crippen LogP contribution in [0.1, 0.15) is 30.9 Å². The molecule has 0 spiro atoms. The Morgan fingerprint density at radius 1 is 1.10 bits per heavy atom. The number of benzene rings is 2. The molecule has 2 aromatic rings. The Bertz CT molecular complexity index is 619. The maximum atomic E-state index is 6.05. The summed E-state index contributed by atoms with van der Waals surface area (Å²) in [5, 5.41) is 0. The van der Waals surface area contributed by atoms with Crippen molar-refractivity contribution >= 4 is 0 Å². The lowest BCUT2D eigenvalue weighted by atomic mass is 9.91.